The number of benzene rings is 1. The quantitative estimate of drug-likeness (QED) is 0.353. The monoisotopic (exact) mass is 464 g/mol. The molecule has 0 aromatic heterocycles. The van der Waals surface area contributed by atoms with Crippen molar-refractivity contribution in [2.75, 3.05) is 39.8 Å². The Morgan fingerprint density at radius 3 is 2.72 bits per heavy atom. The summed E-state index contributed by atoms with van der Waals surface area (Å²) in [6.45, 7) is 6.94. The summed E-state index contributed by atoms with van der Waals surface area (Å²) in [5.41, 5.74) is 1.11. The first kappa shape index (κ1) is 22.1. The SMILES string of the molecule is CCNC(=NCC1CCCO1)NCCN(C)Cc1ccc(F)cc1.I. The van der Waals surface area contributed by atoms with Crippen LogP contribution in [-0.2, 0) is 11.3 Å². The maximum absolute atomic E-state index is 12.9. The molecule has 142 valence electrons. The van der Waals surface area contributed by atoms with Crippen LogP contribution in [-0.4, -0.2) is 56.8 Å². The van der Waals surface area contributed by atoms with Crippen molar-refractivity contribution >= 4 is 29.9 Å². The molecule has 2 N–H and O–H groups in total. The van der Waals surface area contributed by atoms with Crippen LogP contribution in [0.25, 0.3) is 0 Å². The highest BCUT2D eigenvalue weighted by Crippen LogP contribution is 2.11. The summed E-state index contributed by atoms with van der Waals surface area (Å²) < 4.78 is 18.5. The smallest absolute Gasteiger partial charge is 0.191 e. The third-order valence-corrected chi connectivity index (χ3v) is 3.97. The first-order valence-electron chi connectivity index (χ1n) is 8.74. The third kappa shape index (κ3) is 8.82. The number of halogens is 2. The van der Waals surface area contributed by atoms with Crippen LogP contribution in [0.4, 0.5) is 4.39 Å². The number of hydrogen-bond donors (Lipinski definition) is 2. The van der Waals surface area contributed by atoms with E-state index >= 15 is 0 Å². The maximum Gasteiger partial charge on any atom is 0.191 e. The molecule has 5 nitrogen and oxygen atoms in total. The minimum Gasteiger partial charge on any atom is -0.376 e. The van der Waals surface area contributed by atoms with Crippen LogP contribution >= 0.6 is 24.0 Å². The van der Waals surface area contributed by atoms with E-state index in [9.17, 15) is 4.39 Å². The van der Waals surface area contributed by atoms with Crippen molar-refractivity contribution in [1.82, 2.24) is 15.5 Å². The van der Waals surface area contributed by atoms with Gasteiger partial charge in [0.1, 0.15) is 5.82 Å². The molecule has 25 heavy (non-hydrogen) atoms. The van der Waals surface area contributed by atoms with E-state index in [1.807, 2.05) is 12.1 Å². The molecule has 0 spiro atoms. The lowest BCUT2D eigenvalue weighted by atomic mass is 10.2. The highest BCUT2D eigenvalue weighted by molar-refractivity contribution is 14.0. The van der Waals surface area contributed by atoms with Crippen LogP contribution in [0, 0.1) is 5.82 Å². The fraction of sp³-hybridized carbons (Fsp3) is 0.611. The topological polar surface area (TPSA) is 48.9 Å². The van der Waals surface area contributed by atoms with Gasteiger partial charge in [-0.1, -0.05) is 12.1 Å². The van der Waals surface area contributed by atoms with Gasteiger partial charge in [-0.3, -0.25) is 4.99 Å². The average molecular weight is 464 g/mol. The van der Waals surface area contributed by atoms with Gasteiger partial charge < -0.3 is 20.3 Å². The van der Waals surface area contributed by atoms with Crippen LogP contribution in [0.5, 0.6) is 0 Å². The summed E-state index contributed by atoms with van der Waals surface area (Å²) in [5.74, 6) is 0.643. The second-order valence-electron chi connectivity index (χ2n) is 6.15. The molecule has 0 aliphatic carbocycles. The van der Waals surface area contributed by atoms with Gasteiger partial charge in [0, 0.05) is 32.8 Å². The molecule has 0 amide bonds. The van der Waals surface area contributed by atoms with Crippen LogP contribution in [0.15, 0.2) is 29.3 Å². The van der Waals surface area contributed by atoms with E-state index in [2.05, 4.69) is 34.5 Å². The molecule has 0 bridgehead atoms. The van der Waals surface area contributed by atoms with Crippen molar-refractivity contribution in [1.29, 1.82) is 0 Å². The molecule has 1 unspecified atom stereocenters. The zero-order valence-electron chi connectivity index (χ0n) is 15.1. The summed E-state index contributed by atoms with van der Waals surface area (Å²) in [7, 11) is 2.06. The average Bonchev–Trinajstić information content (AvgIpc) is 3.08. The molecule has 1 saturated heterocycles. The lowest BCUT2D eigenvalue weighted by Crippen LogP contribution is -2.41. The molecule has 1 aliphatic rings. The van der Waals surface area contributed by atoms with Crippen molar-refractivity contribution in [3.63, 3.8) is 0 Å². The van der Waals surface area contributed by atoms with Crippen molar-refractivity contribution < 1.29 is 9.13 Å². The molecule has 1 heterocycles. The van der Waals surface area contributed by atoms with Crippen molar-refractivity contribution in [3.05, 3.63) is 35.6 Å². The Morgan fingerprint density at radius 2 is 2.08 bits per heavy atom. The largest absolute Gasteiger partial charge is 0.376 e. The van der Waals surface area contributed by atoms with Gasteiger partial charge in [0.25, 0.3) is 0 Å². The molecule has 1 aromatic carbocycles. The van der Waals surface area contributed by atoms with Gasteiger partial charge >= 0.3 is 0 Å². The fourth-order valence-electron chi connectivity index (χ4n) is 2.67. The highest BCUT2D eigenvalue weighted by Gasteiger charge is 2.14. The Bertz CT molecular complexity index is 506. The van der Waals surface area contributed by atoms with Crippen LogP contribution in [0.2, 0.25) is 0 Å². The number of guanidine groups is 1. The molecule has 1 aromatic rings. The zero-order chi connectivity index (χ0) is 17.2. The molecule has 1 fully saturated rings. The van der Waals surface area contributed by atoms with Crippen molar-refractivity contribution in [3.8, 4) is 0 Å². The third-order valence-electron chi connectivity index (χ3n) is 3.97. The zero-order valence-corrected chi connectivity index (χ0v) is 17.5. The number of likely N-dealkylation sites (N-methyl/N-ethyl adjacent to an activating group) is 1. The van der Waals surface area contributed by atoms with Crippen LogP contribution < -0.4 is 10.6 Å². The summed E-state index contributed by atoms with van der Waals surface area (Å²) in [6.07, 6.45) is 2.50. The Kier molecular flexibility index (Phi) is 11.0. The molecule has 1 aliphatic heterocycles. The number of rotatable bonds is 8. The predicted molar refractivity (Wildman–Crippen MR) is 111 cm³/mol. The van der Waals surface area contributed by atoms with E-state index in [0.29, 0.717) is 6.54 Å². The van der Waals surface area contributed by atoms with E-state index in [0.717, 1.165) is 57.2 Å². The van der Waals surface area contributed by atoms with Crippen molar-refractivity contribution in [2.45, 2.75) is 32.4 Å². The summed E-state index contributed by atoms with van der Waals surface area (Å²) in [6, 6.07) is 6.66. The lowest BCUT2D eigenvalue weighted by molar-refractivity contribution is 0.117. The Morgan fingerprint density at radius 1 is 1.32 bits per heavy atom. The summed E-state index contributed by atoms with van der Waals surface area (Å²) >= 11 is 0. The van der Waals surface area contributed by atoms with E-state index in [-0.39, 0.29) is 35.9 Å². The Balaban J connectivity index is 0.00000312. The van der Waals surface area contributed by atoms with E-state index in [1.165, 1.54) is 12.1 Å². The second kappa shape index (κ2) is 12.4. The first-order chi connectivity index (χ1) is 11.7. The van der Waals surface area contributed by atoms with Crippen molar-refractivity contribution in [2.24, 2.45) is 4.99 Å². The molecule has 7 heteroatoms. The minimum atomic E-state index is -0.194. The molecule has 2 rings (SSSR count). The van der Waals surface area contributed by atoms with Gasteiger partial charge in [0.05, 0.1) is 12.6 Å². The van der Waals surface area contributed by atoms with E-state index in [1.54, 1.807) is 0 Å². The van der Waals surface area contributed by atoms with Gasteiger partial charge in [-0.25, -0.2) is 4.39 Å². The molecular weight excluding hydrogens is 434 g/mol. The van der Waals surface area contributed by atoms with Gasteiger partial charge in [0.2, 0.25) is 0 Å². The number of nitrogens with one attached hydrogen (secondary N) is 2. The lowest BCUT2D eigenvalue weighted by Gasteiger charge is -2.18. The molecular formula is C18H30FIN4O. The van der Waals surface area contributed by atoms with Gasteiger partial charge in [-0.15, -0.1) is 24.0 Å². The molecule has 1 atom stereocenters. The number of nitrogens with zero attached hydrogens (tertiary/aromatic N) is 2. The number of aliphatic imine (C=N–C) groups is 1. The van der Waals surface area contributed by atoms with E-state index < -0.39 is 0 Å². The second-order valence-corrected chi connectivity index (χ2v) is 6.15. The normalized spacial score (nSPS) is 17.4. The van der Waals surface area contributed by atoms with E-state index in [4.69, 9.17) is 4.74 Å². The van der Waals surface area contributed by atoms with Gasteiger partial charge in [-0.2, -0.15) is 0 Å². The fourth-order valence-corrected chi connectivity index (χ4v) is 2.67. The summed E-state index contributed by atoms with van der Waals surface area (Å²) in [4.78, 5) is 6.79. The number of ether oxygens (including phenoxy) is 1. The van der Waals surface area contributed by atoms with Crippen LogP contribution in [0.3, 0.4) is 0 Å². The molecule has 0 saturated carbocycles. The standard InChI is InChI=1S/C18H29FN4O.HI/c1-3-20-18(22-13-17-5-4-12-24-17)21-10-11-23(2)14-15-6-8-16(19)9-7-15;/h6-9,17H,3-5,10-14H2,1-2H3,(H2,20,21,22);1H. The Labute approximate surface area is 167 Å². The van der Waals surface area contributed by atoms with Gasteiger partial charge in [0.15, 0.2) is 5.96 Å². The highest BCUT2D eigenvalue weighted by atomic mass is 127. The van der Waals surface area contributed by atoms with Crippen LogP contribution in [0.1, 0.15) is 25.3 Å². The summed E-state index contributed by atoms with van der Waals surface area (Å²) in [5, 5.41) is 6.61. The first-order valence-corrected chi connectivity index (χ1v) is 8.74. The van der Waals surface area contributed by atoms with Gasteiger partial charge in [-0.05, 0) is 44.5 Å². The molecule has 0 radical (unpaired) electrons. The Hall–Kier alpha value is -0.930. The number of hydrogen-bond acceptors (Lipinski definition) is 3. The maximum atomic E-state index is 12.9. The predicted octanol–water partition coefficient (Wildman–Crippen LogP) is 2.61. The minimum absolute atomic E-state index is 0.